The zero-order chi connectivity index (χ0) is 20.3. The number of nitrogens with zero attached hydrogens (tertiary/aromatic N) is 4. The predicted molar refractivity (Wildman–Crippen MR) is 106 cm³/mol. The van der Waals surface area contributed by atoms with Crippen molar-refractivity contribution in [2.45, 2.75) is 32.7 Å². The second-order valence-corrected chi connectivity index (χ2v) is 7.15. The van der Waals surface area contributed by atoms with Crippen LogP contribution in [0.15, 0.2) is 22.9 Å². The molecule has 2 N–H and O–H groups in total. The lowest BCUT2D eigenvalue weighted by Crippen LogP contribution is -2.47. The van der Waals surface area contributed by atoms with Crippen LogP contribution in [-0.2, 0) is 0 Å². The van der Waals surface area contributed by atoms with Crippen LogP contribution in [0, 0.1) is 13.8 Å². The van der Waals surface area contributed by atoms with E-state index in [-0.39, 0.29) is 18.0 Å². The second-order valence-electron chi connectivity index (χ2n) is 7.15. The van der Waals surface area contributed by atoms with Crippen molar-refractivity contribution in [1.82, 2.24) is 20.2 Å². The van der Waals surface area contributed by atoms with Gasteiger partial charge in [-0.2, -0.15) is 0 Å². The minimum atomic E-state index is -0.200. The van der Waals surface area contributed by atoms with Crippen LogP contribution in [0.25, 0.3) is 0 Å². The van der Waals surface area contributed by atoms with Gasteiger partial charge in [-0.05, 0) is 32.8 Å². The van der Waals surface area contributed by atoms with E-state index in [4.69, 9.17) is 4.42 Å². The summed E-state index contributed by atoms with van der Waals surface area (Å²) in [6.07, 6.45) is 2.82. The number of piperidine rings is 1. The van der Waals surface area contributed by atoms with Gasteiger partial charge in [0.05, 0.1) is 5.56 Å². The monoisotopic (exact) mass is 386 g/mol. The average molecular weight is 386 g/mol. The maximum atomic E-state index is 12.5. The van der Waals surface area contributed by atoms with Gasteiger partial charge in [0.15, 0.2) is 0 Å². The first-order valence-electron chi connectivity index (χ1n) is 9.26. The Bertz CT molecular complexity index is 855. The Hall–Kier alpha value is -3.10. The molecule has 0 aromatic carbocycles. The highest BCUT2D eigenvalue weighted by Crippen LogP contribution is 2.17. The Morgan fingerprint density at radius 2 is 1.89 bits per heavy atom. The highest BCUT2D eigenvalue weighted by molar-refractivity contribution is 5.95. The van der Waals surface area contributed by atoms with Crippen LogP contribution >= 0.6 is 0 Å². The van der Waals surface area contributed by atoms with Crippen molar-refractivity contribution < 1.29 is 14.0 Å². The van der Waals surface area contributed by atoms with Gasteiger partial charge >= 0.3 is 6.03 Å². The molecule has 9 heteroatoms. The molecule has 0 atom stereocenters. The first kappa shape index (κ1) is 19.7. The Kier molecular flexibility index (Phi) is 5.81. The molecule has 1 saturated heterocycles. The number of rotatable bonds is 4. The zero-order valence-electron chi connectivity index (χ0n) is 16.7. The molecule has 28 heavy (non-hydrogen) atoms. The van der Waals surface area contributed by atoms with Crippen molar-refractivity contribution >= 4 is 23.6 Å². The highest BCUT2D eigenvalue weighted by atomic mass is 16.3. The molecule has 9 nitrogen and oxygen atoms in total. The molecule has 1 aliphatic rings. The smallest absolute Gasteiger partial charge is 0.323 e. The second kappa shape index (κ2) is 8.28. The fourth-order valence-corrected chi connectivity index (χ4v) is 3.19. The number of nitrogens with one attached hydrogen (secondary N) is 2. The van der Waals surface area contributed by atoms with E-state index >= 15 is 0 Å². The van der Waals surface area contributed by atoms with Crippen LogP contribution in [0.1, 0.15) is 34.7 Å². The van der Waals surface area contributed by atoms with Crippen LogP contribution in [0.5, 0.6) is 0 Å². The van der Waals surface area contributed by atoms with E-state index in [1.807, 2.05) is 25.9 Å². The van der Waals surface area contributed by atoms with Crippen molar-refractivity contribution in [1.29, 1.82) is 0 Å². The number of carbonyl (C=O) groups is 2. The number of anilines is 2. The maximum Gasteiger partial charge on any atom is 0.323 e. The number of aromatic nitrogens is 2. The molecule has 1 aliphatic heterocycles. The minimum Gasteiger partial charge on any atom is -0.466 e. The van der Waals surface area contributed by atoms with E-state index in [1.54, 1.807) is 24.0 Å². The van der Waals surface area contributed by atoms with Gasteiger partial charge in [-0.1, -0.05) is 0 Å². The van der Waals surface area contributed by atoms with Crippen molar-refractivity contribution in [3.8, 4) is 0 Å². The largest absolute Gasteiger partial charge is 0.466 e. The first-order chi connectivity index (χ1) is 13.3. The molecule has 0 saturated carbocycles. The maximum absolute atomic E-state index is 12.5. The molecule has 0 aliphatic carbocycles. The van der Waals surface area contributed by atoms with Crippen LogP contribution in [0.4, 0.5) is 16.4 Å². The summed E-state index contributed by atoms with van der Waals surface area (Å²) in [5, 5.41) is 5.84. The molecule has 150 valence electrons. The summed E-state index contributed by atoms with van der Waals surface area (Å²) in [5.41, 5.74) is 0.568. The molecule has 2 aromatic rings. The minimum absolute atomic E-state index is 0.0329. The lowest BCUT2D eigenvalue weighted by atomic mass is 10.0. The Morgan fingerprint density at radius 3 is 2.50 bits per heavy atom. The van der Waals surface area contributed by atoms with Crippen LogP contribution < -0.4 is 15.5 Å². The summed E-state index contributed by atoms with van der Waals surface area (Å²) in [4.78, 5) is 36.7. The average Bonchev–Trinajstić information content (AvgIpc) is 3.00. The zero-order valence-corrected chi connectivity index (χ0v) is 16.7. The lowest BCUT2D eigenvalue weighted by Gasteiger charge is -2.32. The van der Waals surface area contributed by atoms with E-state index in [0.717, 1.165) is 11.6 Å². The Morgan fingerprint density at radius 1 is 1.18 bits per heavy atom. The van der Waals surface area contributed by atoms with Crippen molar-refractivity contribution in [3.63, 3.8) is 0 Å². The van der Waals surface area contributed by atoms with Crippen LogP contribution in [0.3, 0.4) is 0 Å². The summed E-state index contributed by atoms with van der Waals surface area (Å²) >= 11 is 0. The molecular weight excluding hydrogens is 360 g/mol. The van der Waals surface area contributed by atoms with E-state index in [1.165, 1.54) is 6.33 Å². The van der Waals surface area contributed by atoms with Gasteiger partial charge in [-0.25, -0.2) is 14.8 Å². The molecule has 3 rings (SSSR count). The lowest BCUT2D eigenvalue weighted by molar-refractivity contribution is 0.0917. The normalized spacial score (nSPS) is 14.6. The molecule has 0 spiro atoms. The third-order valence-corrected chi connectivity index (χ3v) is 4.75. The van der Waals surface area contributed by atoms with Crippen molar-refractivity contribution in [2.24, 2.45) is 0 Å². The number of furan rings is 1. The molecule has 0 unspecified atom stereocenters. The van der Waals surface area contributed by atoms with Gasteiger partial charge in [0, 0.05) is 39.3 Å². The van der Waals surface area contributed by atoms with Gasteiger partial charge in [0.25, 0.3) is 5.91 Å². The number of likely N-dealkylation sites (tertiary alicyclic amines) is 1. The summed E-state index contributed by atoms with van der Waals surface area (Å²) in [6, 6.07) is 3.30. The SMILES string of the molecule is Cc1cc(C(=O)NC2CCN(C(=O)Nc3cc(N(C)C)ncn3)CC2)c(C)o1. The van der Waals surface area contributed by atoms with Gasteiger partial charge in [0.1, 0.15) is 29.5 Å². The van der Waals surface area contributed by atoms with E-state index < -0.39 is 0 Å². The Labute approximate surface area is 164 Å². The number of amides is 3. The topological polar surface area (TPSA) is 104 Å². The number of hydrogen-bond donors (Lipinski definition) is 2. The predicted octanol–water partition coefficient (Wildman–Crippen LogP) is 2.18. The molecule has 1 fully saturated rings. The summed E-state index contributed by atoms with van der Waals surface area (Å²) in [5.74, 6) is 2.39. The molecule has 2 aromatic heterocycles. The third-order valence-electron chi connectivity index (χ3n) is 4.75. The highest BCUT2D eigenvalue weighted by Gasteiger charge is 2.25. The van der Waals surface area contributed by atoms with Gasteiger partial charge in [-0.15, -0.1) is 0 Å². The number of urea groups is 1. The van der Waals surface area contributed by atoms with E-state index in [2.05, 4.69) is 20.6 Å². The quantitative estimate of drug-likeness (QED) is 0.835. The van der Waals surface area contributed by atoms with E-state index in [9.17, 15) is 9.59 Å². The molecule has 0 radical (unpaired) electrons. The van der Waals surface area contributed by atoms with E-state index in [0.29, 0.717) is 43.1 Å². The van der Waals surface area contributed by atoms with Crippen LogP contribution in [-0.4, -0.2) is 60.0 Å². The van der Waals surface area contributed by atoms with Crippen LogP contribution in [0.2, 0.25) is 0 Å². The Balaban J connectivity index is 1.51. The summed E-state index contributed by atoms with van der Waals surface area (Å²) in [6.45, 7) is 4.72. The van der Waals surface area contributed by atoms with Crippen molar-refractivity contribution in [2.75, 3.05) is 37.4 Å². The number of carbonyl (C=O) groups excluding carboxylic acids is 2. The van der Waals surface area contributed by atoms with Gasteiger partial charge < -0.3 is 19.5 Å². The molecule has 3 heterocycles. The number of aryl methyl sites for hydroxylation is 2. The fourth-order valence-electron chi connectivity index (χ4n) is 3.19. The standard InChI is InChI=1S/C19H26N6O3/c1-12-9-15(13(2)28-12)18(26)22-14-5-7-25(8-6-14)19(27)23-16-10-17(24(3)4)21-11-20-16/h9-11,14H,5-8H2,1-4H3,(H,22,26)(H,20,21,23,27). The summed E-state index contributed by atoms with van der Waals surface area (Å²) in [7, 11) is 3.75. The first-order valence-corrected chi connectivity index (χ1v) is 9.26. The molecule has 0 bridgehead atoms. The van der Waals surface area contributed by atoms with Gasteiger partial charge in [0.2, 0.25) is 0 Å². The number of hydrogen-bond acceptors (Lipinski definition) is 6. The third kappa shape index (κ3) is 4.59. The summed E-state index contributed by atoms with van der Waals surface area (Å²) < 4.78 is 5.42. The van der Waals surface area contributed by atoms with Crippen molar-refractivity contribution in [3.05, 3.63) is 35.5 Å². The van der Waals surface area contributed by atoms with Gasteiger partial charge in [-0.3, -0.25) is 10.1 Å². The molecular formula is C19H26N6O3. The molecule has 3 amide bonds. The fraction of sp³-hybridized carbons (Fsp3) is 0.474.